The fourth-order valence-electron chi connectivity index (χ4n) is 3.42. The normalized spacial score (nSPS) is 25.8. The number of hydrogen-bond donors (Lipinski definition) is 0. The van der Waals surface area contributed by atoms with Crippen molar-refractivity contribution in [2.45, 2.75) is 25.4 Å². The summed E-state index contributed by atoms with van der Waals surface area (Å²) >= 11 is 6.34. The summed E-state index contributed by atoms with van der Waals surface area (Å²) in [6.07, 6.45) is 6.35. The van der Waals surface area contributed by atoms with Crippen molar-refractivity contribution >= 4 is 11.6 Å². The van der Waals surface area contributed by atoms with Gasteiger partial charge < -0.3 is 4.48 Å². The molecule has 0 saturated carbocycles. The minimum Gasteiger partial charge on any atom is -0.316 e. The average Bonchev–Trinajstić information content (AvgIpc) is 2.84. The van der Waals surface area contributed by atoms with Gasteiger partial charge in [0.15, 0.2) is 0 Å². The first kappa shape index (κ1) is 13.6. The van der Waals surface area contributed by atoms with Crippen molar-refractivity contribution in [1.29, 1.82) is 0 Å². The number of hydrogen-bond acceptors (Lipinski definition) is 1. The number of halogens is 1. The maximum absolute atomic E-state index is 6.34. The summed E-state index contributed by atoms with van der Waals surface area (Å²) in [5.74, 6) is 0. The van der Waals surface area contributed by atoms with E-state index in [-0.39, 0.29) is 0 Å². The molecule has 0 N–H and O–H groups in total. The van der Waals surface area contributed by atoms with Crippen molar-refractivity contribution in [2.75, 3.05) is 13.6 Å². The van der Waals surface area contributed by atoms with Gasteiger partial charge >= 0.3 is 0 Å². The maximum Gasteiger partial charge on any atom is 0.116 e. The van der Waals surface area contributed by atoms with Gasteiger partial charge in [-0.15, -0.1) is 0 Å². The summed E-state index contributed by atoms with van der Waals surface area (Å²) in [5, 5.41) is 0.878. The van der Waals surface area contributed by atoms with E-state index in [2.05, 4.69) is 30.2 Å². The average molecular weight is 288 g/mol. The van der Waals surface area contributed by atoms with Gasteiger partial charge in [0.1, 0.15) is 12.6 Å². The molecule has 2 nitrogen and oxygen atoms in total. The van der Waals surface area contributed by atoms with E-state index < -0.39 is 0 Å². The first-order valence-electron chi connectivity index (χ1n) is 7.17. The van der Waals surface area contributed by atoms with Crippen LogP contribution < -0.4 is 0 Å². The number of aromatic nitrogens is 1. The molecule has 1 aliphatic rings. The molecule has 0 amide bonds. The van der Waals surface area contributed by atoms with Crippen LogP contribution in [-0.2, 0) is 6.54 Å². The second-order valence-corrected chi connectivity index (χ2v) is 6.30. The second-order valence-electron chi connectivity index (χ2n) is 5.90. The third kappa shape index (κ3) is 2.58. The number of likely N-dealkylation sites (tertiary alicyclic amines) is 1. The Morgan fingerprint density at radius 1 is 1.25 bits per heavy atom. The largest absolute Gasteiger partial charge is 0.316 e. The van der Waals surface area contributed by atoms with E-state index in [1.54, 1.807) is 0 Å². The van der Waals surface area contributed by atoms with Crippen LogP contribution in [0, 0.1) is 0 Å². The Morgan fingerprint density at radius 2 is 2.10 bits per heavy atom. The molecule has 1 fully saturated rings. The lowest BCUT2D eigenvalue weighted by Crippen LogP contribution is -2.42. The summed E-state index contributed by atoms with van der Waals surface area (Å²) in [4.78, 5) is 4.28. The van der Waals surface area contributed by atoms with Gasteiger partial charge in [-0.1, -0.05) is 35.9 Å². The van der Waals surface area contributed by atoms with Crippen LogP contribution in [0.3, 0.4) is 0 Å². The van der Waals surface area contributed by atoms with Gasteiger partial charge in [0.25, 0.3) is 0 Å². The molecule has 2 heterocycles. The SMILES string of the molecule is C[N+]1(Cc2ccccc2Cl)CCC[C@@H]1c1cccnc1. The van der Waals surface area contributed by atoms with Crippen molar-refractivity contribution in [3.8, 4) is 0 Å². The molecule has 3 rings (SSSR count). The Kier molecular flexibility index (Phi) is 3.77. The lowest BCUT2D eigenvalue weighted by molar-refractivity contribution is -0.939. The van der Waals surface area contributed by atoms with Gasteiger partial charge in [-0.25, -0.2) is 0 Å². The van der Waals surface area contributed by atoms with Gasteiger partial charge in [0.05, 0.1) is 13.6 Å². The summed E-state index contributed by atoms with van der Waals surface area (Å²) in [6, 6.07) is 13.0. The topological polar surface area (TPSA) is 12.9 Å². The fourth-order valence-corrected chi connectivity index (χ4v) is 3.61. The summed E-state index contributed by atoms with van der Waals surface area (Å²) in [7, 11) is 2.34. The van der Waals surface area contributed by atoms with E-state index in [0.717, 1.165) is 16.1 Å². The molecule has 1 unspecified atom stereocenters. The van der Waals surface area contributed by atoms with Crippen LogP contribution in [0.5, 0.6) is 0 Å². The number of quaternary nitrogens is 1. The van der Waals surface area contributed by atoms with Crippen molar-refractivity contribution in [1.82, 2.24) is 4.98 Å². The second kappa shape index (κ2) is 5.55. The predicted molar refractivity (Wildman–Crippen MR) is 82.4 cm³/mol. The van der Waals surface area contributed by atoms with Crippen molar-refractivity contribution in [2.24, 2.45) is 0 Å². The van der Waals surface area contributed by atoms with E-state index in [1.165, 1.54) is 30.5 Å². The molecule has 2 aromatic rings. The molecule has 20 heavy (non-hydrogen) atoms. The maximum atomic E-state index is 6.34. The van der Waals surface area contributed by atoms with Crippen LogP contribution in [-0.4, -0.2) is 23.1 Å². The van der Waals surface area contributed by atoms with Crippen LogP contribution in [0.4, 0.5) is 0 Å². The molecule has 0 radical (unpaired) electrons. The highest BCUT2D eigenvalue weighted by atomic mass is 35.5. The van der Waals surface area contributed by atoms with Crippen LogP contribution >= 0.6 is 11.6 Å². The number of benzene rings is 1. The zero-order valence-corrected chi connectivity index (χ0v) is 12.6. The third-order valence-corrected chi connectivity index (χ3v) is 4.83. The molecule has 0 spiro atoms. The Balaban J connectivity index is 1.89. The van der Waals surface area contributed by atoms with Crippen molar-refractivity contribution < 1.29 is 4.48 Å². The highest BCUT2D eigenvalue weighted by Gasteiger charge is 2.39. The van der Waals surface area contributed by atoms with Crippen molar-refractivity contribution in [3.05, 3.63) is 64.9 Å². The molecule has 104 valence electrons. The van der Waals surface area contributed by atoms with E-state index in [4.69, 9.17) is 11.6 Å². The Hall–Kier alpha value is -1.38. The third-order valence-electron chi connectivity index (χ3n) is 4.46. The van der Waals surface area contributed by atoms with Crippen LogP contribution in [0.15, 0.2) is 48.8 Å². The Bertz CT molecular complexity index is 585. The van der Waals surface area contributed by atoms with E-state index in [9.17, 15) is 0 Å². The van der Waals surface area contributed by atoms with Crippen molar-refractivity contribution in [3.63, 3.8) is 0 Å². The molecular weight excluding hydrogens is 268 g/mol. The Morgan fingerprint density at radius 3 is 2.85 bits per heavy atom. The first-order chi connectivity index (χ1) is 9.69. The molecule has 3 heteroatoms. The molecule has 1 aromatic heterocycles. The van der Waals surface area contributed by atoms with E-state index in [0.29, 0.717) is 6.04 Å². The van der Waals surface area contributed by atoms with E-state index in [1.807, 2.05) is 30.6 Å². The van der Waals surface area contributed by atoms with Gasteiger partial charge in [-0.2, -0.15) is 0 Å². The highest BCUT2D eigenvalue weighted by Crippen LogP contribution is 2.39. The van der Waals surface area contributed by atoms with E-state index >= 15 is 0 Å². The molecular formula is C17H20ClN2+. The van der Waals surface area contributed by atoms with Crippen LogP contribution in [0.1, 0.15) is 30.0 Å². The zero-order chi connectivity index (χ0) is 14.0. The molecule has 2 atom stereocenters. The summed E-state index contributed by atoms with van der Waals surface area (Å²) in [5.41, 5.74) is 2.59. The molecule has 1 aromatic carbocycles. The lowest BCUT2D eigenvalue weighted by Gasteiger charge is -2.36. The molecule has 1 saturated heterocycles. The quantitative estimate of drug-likeness (QED) is 0.771. The lowest BCUT2D eigenvalue weighted by atomic mass is 10.0. The molecule has 0 aliphatic carbocycles. The molecule has 0 bridgehead atoms. The van der Waals surface area contributed by atoms with Gasteiger partial charge in [-0.05, 0) is 12.1 Å². The summed E-state index contributed by atoms with van der Waals surface area (Å²) in [6.45, 7) is 2.18. The summed E-state index contributed by atoms with van der Waals surface area (Å²) < 4.78 is 1.02. The molecule has 1 aliphatic heterocycles. The van der Waals surface area contributed by atoms with Crippen LogP contribution in [0.25, 0.3) is 0 Å². The first-order valence-corrected chi connectivity index (χ1v) is 7.54. The predicted octanol–water partition coefficient (Wildman–Crippen LogP) is 4.22. The van der Waals surface area contributed by atoms with Gasteiger partial charge in [0, 0.05) is 41.4 Å². The number of pyridine rings is 1. The Labute approximate surface area is 125 Å². The highest BCUT2D eigenvalue weighted by molar-refractivity contribution is 6.31. The zero-order valence-electron chi connectivity index (χ0n) is 11.8. The number of rotatable bonds is 3. The van der Waals surface area contributed by atoms with Gasteiger partial charge in [-0.3, -0.25) is 4.98 Å². The number of nitrogens with zero attached hydrogens (tertiary/aromatic N) is 2. The smallest absolute Gasteiger partial charge is 0.116 e. The monoisotopic (exact) mass is 287 g/mol. The standard InChI is InChI=1S/C17H20ClN2/c1-20(13-15-6-2-3-8-16(15)18)11-5-9-17(20)14-7-4-10-19-12-14/h2-4,6-8,10,12,17H,5,9,11,13H2,1H3/q+1/t17-,20?/m1/s1. The fraction of sp³-hybridized carbons (Fsp3) is 0.353. The van der Waals surface area contributed by atoms with Crippen LogP contribution in [0.2, 0.25) is 5.02 Å². The minimum absolute atomic E-state index is 0.528. The minimum atomic E-state index is 0.528. The van der Waals surface area contributed by atoms with Gasteiger partial charge in [0.2, 0.25) is 0 Å².